The summed E-state index contributed by atoms with van der Waals surface area (Å²) in [6, 6.07) is 0. The summed E-state index contributed by atoms with van der Waals surface area (Å²) in [4.78, 5) is 11.2. The van der Waals surface area contributed by atoms with E-state index in [2.05, 4.69) is 9.84 Å². The topological polar surface area (TPSA) is 44.1 Å². The van der Waals surface area contributed by atoms with Gasteiger partial charge in [0.05, 0.1) is 24.9 Å². The van der Waals surface area contributed by atoms with Crippen LogP contribution in [-0.2, 0) is 16.1 Å². The second-order valence-electron chi connectivity index (χ2n) is 2.96. The van der Waals surface area contributed by atoms with Crippen molar-refractivity contribution in [1.29, 1.82) is 0 Å². The van der Waals surface area contributed by atoms with Gasteiger partial charge in [-0.25, -0.2) is 4.79 Å². The Morgan fingerprint density at radius 1 is 1.73 bits per heavy atom. The van der Waals surface area contributed by atoms with Gasteiger partial charge >= 0.3 is 5.97 Å². The lowest BCUT2D eigenvalue weighted by molar-refractivity contribution is -0.136. The fourth-order valence-electron chi connectivity index (χ4n) is 1.15. The zero-order valence-corrected chi connectivity index (χ0v) is 9.49. The average molecular weight is 229 g/mol. The molecule has 1 rings (SSSR count). The average Bonchev–Trinajstić information content (AvgIpc) is 2.64. The predicted octanol–water partition coefficient (Wildman–Crippen LogP) is 2.05. The molecule has 1 aromatic heterocycles. The van der Waals surface area contributed by atoms with Gasteiger partial charge in [0.1, 0.15) is 0 Å². The van der Waals surface area contributed by atoms with Gasteiger partial charge in [-0.2, -0.15) is 5.10 Å². The normalized spacial score (nSPS) is 11.5. The van der Waals surface area contributed by atoms with Crippen LogP contribution in [-0.4, -0.2) is 22.9 Å². The van der Waals surface area contributed by atoms with Crippen molar-refractivity contribution in [1.82, 2.24) is 9.78 Å². The van der Waals surface area contributed by atoms with Crippen molar-refractivity contribution in [3.8, 4) is 0 Å². The van der Waals surface area contributed by atoms with Crippen molar-refractivity contribution < 1.29 is 9.53 Å². The number of hydrogen-bond acceptors (Lipinski definition) is 3. The number of nitrogens with zero attached hydrogens (tertiary/aromatic N) is 2. The molecule has 0 bridgehead atoms. The van der Waals surface area contributed by atoms with E-state index in [-0.39, 0.29) is 5.97 Å². The van der Waals surface area contributed by atoms with Crippen LogP contribution in [0.2, 0.25) is 5.02 Å². The van der Waals surface area contributed by atoms with Gasteiger partial charge in [0, 0.05) is 11.8 Å². The summed E-state index contributed by atoms with van der Waals surface area (Å²) < 4.78 is 6.29. The van der Waals surface area contributed by atoms with Crippen LogP contribution in [0.25, 0.3) is 0 Å². The minimum Gasteiger partial charge on any atom is -0.466 e. The SMILES string of the molecule is CCC(=CCn1cc(Cl)cn1)C(=O)OC. The fraction of sp³-hybridized carbons (Fsp3) is 0.400. The highest BCUT2D eigenvalue weighted by Gasteiger charge is 2.06. The molecular formula is C10H13ClN2O2. The highest BCUT2D eigenvalue weighted by molar-refractivity contribution is 6.30. The summed E-state index contributed by atoms with van der Waals surface area (Å²) >= 11 is 5.70. The Morgan fingerprint density at radius 3 is 2.93 bits per heavy atom. The molecule has 0 aliphatic rings. The van der Waals surface area contributed by atoms with Crippen molar-refractivity contribution in [3.63, 3.8) is 0 Å². The zero-order valence-electron chi connectivity index (χ0n) is 8.74. The first-order valence-corrected chi connectivity index (χ1v) is 5.00. The van der Waals surface area contributed by atoms with E-state index < -0.39 is 0 Å². The third-order valence-corrected chi connectivity index (χ3v) is 2.15. The van der Waals surface area contributed by atoms with Crippen LogP contribution < -0.4 is 0 Å². The van der Waals surface area contributed by atoms with Crippen LogP contribution in [0.5, 0.6) is 0 Å². The number of carbonyl (C=O) groups is 1. The number of esters is 1. The maximum atomic E-state index is 11.2. The number of halogens is 1. The van der Waals surface area contributed by atoms with Crippen LogP contribution in [0.1, 0.15) is 13.3 Å². The molecule has 0 amide bonds. The molecule has 1 heterocycles. The van der Waals surface area contributed by atoms with E-state index in [0.29, 0.717) is 23.6 Å². The molecule has 0 aliphatic heterocycles. The van der Waals surface area contributed by atoms with Gasteiger partial charge < -0.3 is 4.74 Å². The number of hydrogen-bond donors (Lipinski definition) is 0. The number of carbonyl (C=O) groups excluding carboxylic acids is 1. The quantitative estimate of drug-likeness (QED) is 0.585. The highest BCUT2D eigenvalue weighted by Crippen LogP contribution is 2.07. The largest absolute Gasteiger partial charge is 0.466 e. The van der Waals surface area contributed by atoms with Gasteiger partial charge in [-0.15, -0.1) is 0 Å². The number of rotatable bonds is 4. The Balaban J connectivity index is 2.66. The zero-order chi connectivity index (χ0) is 11.3. The number of aromatic nitrogens is 2. The Morgan fingerprint density at radius 2 is 2.47 bits per heavy atom. The van der Waals surface area contributed by atoms with Crippen molar-refractivity contribution in [2.24, 2.45) is 0 Å². The van der Waals surface area contributed by atoms with Crippen molar-refractivity contribution >= 4 is 17.6 Å². The third kappa shape index (κ3) is 3.40. The molecule has 1 aromatic rings. The smallest absolute Gasteiger partial charge is 0.333 e. The van der Waals surface area contributed by atoms with E-state index in [4.69, 9.17) is 11.6 Å². The Hall–Kier alpha value is -1.29. The minimum absolute atomic E-state index is 0.296. The lowest BCUT2D eigenvalue weighted by Gasteiger charge is -2.02. The van der Waals surface area contributed by atoms with E-state index in [1.807, 2.05) is 6.92 Å². The molecule has 0 unspecified atom stereocenters. The van der Waals surface area contributed by atoms with E-state index >= 15 is 0 Å². The summed E-state index contributed by atoms with van der Waals surface area (Å²) in [6.07, 6.45) is 5.68. The first kappa shape index (κ1) is 11.8. The van der Waals surface area contributed by atoms with E-state index in [0.717, 1.165) is 0 Å². The number of methoxy groups -OCH3 is 1. The van der Waals surface area contributed by atoms with Gasteiger partial charge in [0.15, 0.2) is 0 Å². The number of ether oxygens (including phenoxy) is 1. The van der Waals surface area contributed by atoms with Crippen molar-refractivity contribution in [3.05, 3.63) is 29.1 Å². The van der Waals surface area contributed by atoms with Gasteiger partial charge in [-0.05, 0) is 6.42 Å². The third-order valence-electron chi connectivity index (χ3n) is 1.95. The Bertz CT molecular complexity index is 371. The molecule has 0 spiro atoms. The van der Waals surface area contributed by atoms with Crippen LogP contribution in [0.15, 0.2) is 24.0 Å². The molecule has 0 saturated heterocycles. The Kier molecular flexibility index (Phi) is 4.37. The molecule has 82 valence electrons. The highest BCUT2D eigenvalue weighted by atomic mass is 35.5. The first-order chi connectivity index (χ1) is 7.17. The molecule has 0 aliphatic carbocycles. The van der Waals surface area contributed by atoms with E-state index in [1.165, 1.54) is 7.11 Å². The second kappa shape index (κ2) is 5.56. The van der Waals surface area contributed by atoms with E-state index in [9.17, 15) is 4.79 Å². The molecule has 0 saturated carbocycles. The first-order valence-electron chi connectivity index (χ1n) is 4.62. The van der Waals surface area contributed by atoms with Crippen LogP contribution in [0.3, 0.4) is 0 Å². The van der Waals surface area contributed by atoms with Gasteiger partial charge in [0.2, 0.25) is 0 Å². The molecule has 4 nitrogen and oxygen atoms in total. The summed E-state index contributed by atoms with van der Waals surface area (Å²) in [6.45, 7) is 2.42. The molecule has 0 atom stereocenters. The lowest BCUT2D eigenvalue weighted by Crippen LogP contribution is -2.06. The van der Waals surface area contributed by atoms with Gasteiger partial charge in [-0.1, -0.05) is 24.6 Å². The minimum atomic E-state index is -0.296. The molecular weight excluding hydrogens is 216 g/mol. The number of allylic oxidation sites excluding steroid dienone is 1. The van der Waals surface area contributed by atoms with Crippen molar-refractivity contribution in [2.45, 2.75) is 19.9 Å². The van der Waals surface area contributed by atoms with Gasteiger partial charge in [0.25, 0.3) is 0 Å². The molecule has 0 N–H and O–H groups in total. The second-order valence-corrected chi connectivity index (χ2v) is 3.39. The van der Waals surface area contributed by atoms with E-state index in [1.54, 1.807) is 23.2 Å². The lowest BCUT2D eigenvalue weighted by atomic mass is 10.2. The molecule has 0 aromatic carbocycles. The van der Waals surface area contributed by atoms with Crippen LogP contribution >= 0.6 is 11.6 Å². The maximum Gasteiger partial charge on any atom is 0.333 e. The van der Waals surface area contributed by atoms with Crippen molar-refractivity contribution in [2.75, 3.05) is 7.11 Å². The molecule has 5 heteroatoms. The summed E-state index contributed by atoms with van der Waals surface area (Å²) in [7, 11) is 1.37. The molecule has 15 heavy (non-hydrogen) atoms. The standard InChI is InChI=1S/C10H13ClN2O2/c1-3-8(10(14)15-2)4-5-13-7-9(11)6-12-13/h4,6-7H,3,5H2,1-2H3. The fourth-order valence-corrected chi connectivity index (χ4v) is 1.30. The van der Waals surface area contributed by atoms with Gasteiger partial charge in [-0.3, -0.25) is 4.68 Å². The summed E-state index contributed by atoms with van der Waals surface area (Å²) in [5.74, 6) is -0.296. The monoisotopic (exact) mass is 228 g/mol. The molecule has 0 radical (unpaired) electrons. The predicted molar refractivity (Wildman–Crippen MR) is 57.6 cm³/mol. The summed E-state index contributed by atoms with van der Waals surface area (Å²) in [5.41, 5.74) is 0.643. The van der Waals surface area contributed by atoms with Crippen LogP contribution in [0, 0.1) is 0 Å². The van der Waals surface area contributed by atoms with Crippen LogP contribution in [0.4, 0.5) is 0 Å². The maximum absolute atomic E-state index is 11.2. The summed E-state index contributed by atoms with van der Waals surface area (Å²) in [5, 5.41) is 4.58. The molecule has 0 fully saturated rings. The Labute approximate surface area is 93.5 Å².